The summed E-state index contributed by atoms with van der Waals surface area (Å²) in [6, 6.07) is 5.59. The van der Waals surface area contributed by atoms with E-state index in [1.54, 1.807) is 4.90 Å². The van der Waals surface area contributed by atoms with E-state index in [0.717, 1.165) is 4.90 Å². The van der Waals surface area contributed by atoms with Gasteiger partial charge in [-0.05, 0) is 19.9 Å². The van der Waals surface area contributed by atoms with Gasteiger partial charge in [-0.2, -0.15) is 0 Å². The first-order valence-corrected chi connectivity index (χ1v) is 8.33. The second kappa shape index (κ2) is 10.7. The van der Waals surface area contributed by atoms with Crippen LogP contribution in [-0.2, 0) is 19.1 Å². The summed E-state index contributed by atoms with van der Waals surface area (Å²) in [5.74, 6) is -1.69. The summed E-state index contributed by atoms with van der Waals surface area (Å²) in [4.78, 5) is 48.6. The molecule has 1 aromatic carbocycles. The topological polar surface area (TPSA) is 119 Å². The van der Waals surface area contributed by atoms with E-state index >= 15 is 0 Å². The third kappa shape index (κ3) is 6.92. The summed E-state index contributed by atoms with van der Waals surface area (Å²) < 4.78 is 9.87. The fourth-order valence-corrected chi connectivity index (χ4v) is 2.13. The quantitative estimate of drug-likeness (QED) is 0.335. The minimum absolute atomic E-state index is 0.0762. The molecular weight excluding hydrogens is 358 g/mol. The van der Waals surface area contributed by atoms with Crippen LogP contribution in [0.2, 0.25) is 0 Å². The van der Waals surface area contributed by atoms with E-state index in [0.29, 0.717) is 13.1 Å². The highest BCUT2D eigenvalue weighted by Crippen LogP contribution is 2.25. The zero-order valence-electron chi connectivity index (χ0n) is 15.5. The van der Waals surface area contributed by atoms with Crippen LogP contribution in [0.5, 0.6) is 5.75 Å². The van der Waals surface area contributed by atoms with Gasteiger partial charge < -0.3 is 19.3 Å². The van der Waals surface area contributed by atoms with Crippen LogP contribution in [0.3, 0.4) is 0 Å². The molecule has 0 fully saturated rings. The van der Waals surface area contributed by atoms with Crippen molar-refractivity contribution >= 4 is 23.5 Å². The number of hydrogen-bond acceptors (Lipinski definition) is 7. The lowest BCUT2D eigenvalue weighted by Crippen LogP contribution is -2.42. The Kier molecular flexibility index (Phi) is 8.70. The number of para-hydroxylation sites is 2. The number of nitro benzene ring substituents is 1. The molecule has 0 saturated carbocycles. The van der Waals surface area contributed by atoms with Gasteiger partial charge in [-0.15, -0.1) is 0 Å². The fraction of sp³-hybridized carbons (Fsp3) is 0.471. The van der Waals surface area contributed by atoms with Crippen molar-refractivity contribution in [3.8, 4) is 5.75 Å². The normalized spacial score (nSPS) is 10.0. The highest BCUT2D eigenvalue weighted by atomic mass is 16.6. The first kappa shape index (κ1) is 21.9. The third-order valence-electron chi connectivity index (χ3n) is 3.68. The van der Waals surface area contributed by atoms with E-state index in [-0.39, 0.29) is 23.9 Å². The molecule has 0 spiro atoms. The molecular formula is C17H23N3O7. The Morgan fingerprint density at radius 1 is 1.07 bits per heavy atom. The predicted octanol–water partition coefficient (Wildman–Crippen LogP) is 0.844. The third-order valence-corrected chi connectivity index (χ3v) is 3.68. The number of ether oxygens (including phenoxy) is 2. The molecule has 27 heavy (non-hydrogen) atoms. The van der Waals surface area contributed by atoms with E-state index < -0.39 is 30.0 Å². The van der Waals surface area contributed by atoms with Gasteiger partial charge in [0.15, 0.2) is 19.0 Å². The van der Waals surface area contributed by atoms with Crippen molar-refractivity contribution < 1.29 is 28.8 Å². The summed E-state index contributed by atoms with van der Waals surface area (Å²) in [6.45, 7) is 3.49. The number of nitrogens with zero attached hydrogens (tertiary/aromatic N) is 3. The molecule has 0 bridgehead atoms. The second-order valence-corrected chi connectivity index (χ2v) is 5.49. The molecule has 1 rings (SSSR count). The average Bonchev–Trinajstić information content (AvgIpc) is 2.65. The van der Waals surface area contributed by atoms with E-state index in [4.69, 9.17) is 9.47 Å². The monoisotopic (exact) mass is 381 g/mol. The van der Waals surface area contributed by atoms with Crippen LogP contribution in [0.15, 0.2) is 24.3 Å². The highest BCUT2D eigenvalue weighted by Gasteiger charge is 2.19. The second-order valence-electron chi connectivity index (χ2n) is 5.49. The highest BCUT2D eigenvalue weighted by molar-refractivity contribution is 5.86. The minimum Gasteiger partial charge on any atom is -0.475 e. The number of likely N-dealkylation sites (N-methyl/N-ethyl adjacent to an activating group) is 2. The molecule has 0 heterocycles. The van der Waals surface area contributed by atoms with Crippen molar-refractivity contribution in [3.05, 3.63) is 34.4 Å². The summed E-state index contributed by atoms with van der Waals surface area (Å²) >= 11 is 0. The van der Waals surface area contributed by atoms with Gasteiger partial charge in [-0.1, -0.05) is 12.1 Å². The summed E-state index contributed by atoms with van der Waals surface area (Å²) in [5.41, 5.74) is -0.281. The van der Waals surface area contributed by atoms with Gasteiger partial charge in [0, 0.05) is 26.2 Å². The molecule has 1 aromatic rings. The molecule has 0 radical (unpaired) electrons. The zero-order chi connectivity index (χ0) is 20.4. The van der Waals surface area contributed by atoms with Crippen molar-refractivity contribution in [2.45, 2.75) is 13.8 Å². The van der Waals surface area contributed by atoms with Crippen LogP contribution in [0.4, 0.5) is 5.69 Å². The molecule has 148 valence electrons. The van der Waals surface area contributed by atoms with E-state index in [9.17, 15) is 24.5 Å². The Balaban J connectivity index is 2.44. The Morgan fingerprint density at radius 2 is 1.70 bits per heavy atom. The lowest BCUT2D eigenvalue weighted by atomic mass is 10.3. The fourth-order valence-electron chi connectivity index (χ4n) is 2.13. The maximum absolute atomic E-state index is 12.0. The van der Waals surface area contributed by atoms with Gasteiger partial charge >= 0.3 is 11.7 Å². The predicted molar refractivity (Wildman–Crippen MR) is 95.1 cm³/mol. The van der Waals surface area contributed by atoms with Gasteiger partial charge in [0.2, 0.25) is 5.91 Å². The van der Waals surface area contributed by atoms with Crippen LogP contribution in [0.1, 0.15) is 13.8 Å². The van der Waals surface area contributed by atoms with Crippen LogP contribution < -0.4 is 4.74 Å². The molecule has 0 N–H and O–H groups in total. The number of hydrogen-bond donors (Lipinski definition) is 0. The first-order valence-electron chi connectivity index (χ1n) is 8.33. The molecule has 0 aliphatic rings. The number of nitro groups is 1. The maximum atomic E-state index is 12.0. The molecule has 0 atom stereocenters. The van der Waals surface area contributed by atoms with Crippen molar-refractivity contribution in [2.75, 3.05) is 39.9 Å². The van der Waals surface area contributed by atoms with Crippen molar-refractivity contribution in [3.63, 3.8) is 0 Å². The van der Waals surface area contributed by atoms with Crippen molar-refractivity contribution in [1.82, 2.24) is 9.80 Å². The van der Waals surface area contributed by atoms with Gasteiger partial charge in [0.05, 0.1) is 11.5 Å². The molecule has 0 aliphatic heterocycles. The molecule has 10 heteroatoms. The van der Waals surface area contributed by atoms with Crippen LogP contribution >= 0.6 is 0 Å². The SMILES string of the molecule is CCN(CC)C(=O)CN(C)C(=O)COC(=O)COc1ccccc1[N+](=O)[O-]. The smallest absolute Gasteiger partial charge is 0.344 e. The molecule has 0 aromatic heterocycles. The number of amides is 2. The van der Waals surface area contributed by atoms with Gasteiger partial charge in [0.1, 0.15) is 0 Å². The van der Waals surface area contributed by atoms with Crippen LogP contribution in [0, 0.1) is 10.1 Å². The standard InChI is InChI=1S/C17H23N3O7/c1-4-19(5-2)15(21)10-18(3)16(22)11-27-17(23)12-26-14-9-7-6-8-13(14)20(24)25/h6-9H,4-5,10-12H2,1-3H3. The number of carbonyl (C=O) groups excluding carboxylic acids is 3. The van der Waals surface area contributed by atoms with E-state index in [1.165, 1.54) is 31.3 Å². The largest absolute Gasteiger partial charge is 0.475 e. The molecule has 10 nitrogen and oxygen atoms in total. The number of esters is 1. The molecule has 2 amide bonds. The first-order chi connectivity index (χ1) is 12.8. The maximum Gasteiger partial charge on any atom is 0.344 e. The zero-order valence-corrected chi connectivity index (χ0v) is 15.5. The number of benzene rings is 1. The Bertz CT molecular complexity index is 689. The van der Waals surface area contributed by atoms with Gasteiger partial charge in [-0.3, -0.25) is 19.7 Å². The summed E-state index contributed by atoms with van der Waals surface area (Å²) in [5, 5.41) is 10.9. The van der Waals surface area contributed by atoms with Crippen LogP contribution in [0.25, 0.3) is 0 Å². The van der Waals surface area contributed by atoms with Crippen LogP contribution in [-0.4, -0.2) is 72.4 Å². The number of carbonyl (C=O) groups is 3. The Morgan fingerprint density at radius 3 is 2.30 bits per heavy atom. The average molecular weight is 381 g/mol. The lowest BCUT2D eigenvalue weighted by Gasteiger charge is -2.23. The Labute approximate surface area is 156 Å². The lowest BCUT2D eigenvalue weighted by molar-refractivity contribution is -0.385. The van der Waals surface area contributed by atoms with Gasteiger partial charge in [-0.25, -0.2) is 4.79 Å². The summed E-state index contributed by atoms with van der Waals surface area (Å²) in [6.07, 6.45) is 0. The van der Waals surface area contributed by atoms with Crippen molar-refractivity contribution in [1.29, 1.82) is 0 Å². The molecule has 0 aliphatic carbocycles. The van der Waals surface area contributed by atoms with E-state index in [2.05, 4.69) is 0 Å². The van der Waals surface area contributed by atoms with E-state index in [1.807, 2.05) is 13.8 Å². The molecule has 0 unspecified atom stereocenters. The minimum atomic E-state index is -0.857. The van der Waals surface area contributed by atoms with Gasteiger partial charge in [0.25, 0.3) is 5.91 Å². The number of rotatable bonds is 10. The Hall–Kier alpha value is -3.17. The molecule has 0 saturated heterocycles. The van der Waals surface area contributed by atoms with Crippen molar-refractivity contribution in [2.24, 2.45) is 0 Å². The summed E-state index contributed by atoms with van der Waals surface area (Å²) in [7, 11) is 1.43.